The van der Waals surface area contributed by atoms with E-state index in [1.54, 1.807) is 11.6 Å². The average Bonchev–Trinajstić information content (AvgIpc) is 2.32. The number of nitrogens with two attached hydrogens (primary N) is 1. The van der Waals surface area contributed by atoms with Crippen LogP contribution in [0.4, 0.5) is 0 Å². The summed E-state index contributed by atoms with van der Waals surface area (Å²) < 4.78 is 0. The summed E-state index contributed by atoms with van der Waals surface area (Å²) in [7, 11) is -0.560. The molecule has 0 saturated carbocycles. The fraction of sp³-hybridized carbons (Fsp3) is 0.833. The molecule has 1 aliphatic heterocycles. The van der Waals surface area contributed by atoms with Gasteiger partial charge >= 0.3 is 7.05 Å². The van der Waals surface area contributed by atoms with Crippen LogP contribution in [0.3, 0.4) is 0 Å². The highest BCUT2D eigenvalue weighted by Crippen LogP contribution is 2.16. The lowest BCUT2D eigenvalue weighted by molar-refractivity contribution is -0.121. The zero-order valence-electron chi connectivity index (χ0n) is 6.66. The first kappa shape index (κ1) is 8.55. The highest BCUT2D eigenvalue weighted by atomic mass is 16.2. The number of hydrogen-bond donors (Lipinski definition) is 2. The standard InChI is InChI=1S/C6H13BN2O2/c1-7(11)9-4-2-3-5(9)6(8)10/h5,11H,2-4H2,1H3,(H2,8,10). The largest absolute Gasteiger partial charge is 0.437 e. The SMILES string of the molecule is CB(O)N1CCCC1C(N)=O. The van der Waals surface area contributed by atoms with Gasteiger partial charge in [-0.05, 0) is 26.2 Å². The molecule has 1 amide bonds. The van der Waals surface area contributed by atoms with Gasteiger partial charge in [0.25, 0.3) is 0 Å². The van der Waals surface area contributed by atoms with E-state index < -0.39 is 7.05 Å². The predicted octanol–water partition coefficient (Wildman–Crippen LogP) is -0.954. The Balaban J connectivity index is 2.58. The summed E-state index contributed by atoms with van der Waals surface area (Å²) in [6.45, 7) is 2.42. The Morgan fingerprint density at radius 2 is 2.45 bits per heavy atom. The Bertz CT molecular complexity index is 163. The van der Waals surface area contributed by atoms with Crippen molar-refractivity contribution in [3.63, 3.8) is 0 Å². The van der Waals surface area contributed by atoms with Crippen LogP contribution in [-0.2, 0) is 4.79 Å². The summed E-state index contributed by atoms with van der Waals surface area (Å²) in [6, 6.07) is -0.255. The van der Waals surface area contributed by atoms with E-state index in [2.05, 4.69) is 0 Å². The molecule has 1 fully saturated rings. The summed E-state index contributed by atoms with van der Waals surface area (Å²) in [5.41, 5.74) is 5.13. The third-order valence-corrected chi connectivity index (χ3v) is 2.10. The van der Waals surface area contributed by atoms with E-state index in [1.165, 1.54) is 0 Å². The molecule has 1 unspecified atom stereocenters. The maximum absolute atomic E-state index is 10.8. The van der Waals surface area contributed by atoms with Crippen LogP contribution in [0.1, 0.15) is 12.8 Å². The first-order valence-corrected chi connectivity index (χ1v) is 3.86. The topological polar surface area (TPSA) is 66.6 Å². The molecule has 1 heterocycles. The Morgan fingerprint density at radius 1 is 1.82 bits per heavy atom. The number of hydrogen-bond acceptors (Lipinski definition) is 3. The zero-order chi connectivity index (χ0) is 8.43. The fourth-order valence-electron chi connectivity index (χ4n) is 1.54. The van der Waals surface area contributed by atoms with Crippen LogP contribution < -0.4 is 5.73 Å². The lowest BCUT2D eigenvalue weighted by Crippen LogP contribution is -2.47. The van der Waals surface area contributed by atoms with E-state index >= 15 is 0 Å². The molecule has 62 valence electrons. The molecule has 0 aliphatic carbocycles. The van der Waals surface area contributed by atoms with Crippen molar-refractivity contribution in [2.75, 3.05) is 6.54 Å². The van der Waals surface area contributed by atoms with Gasteiger partial charge in [0.05, 0.1) is 6.04 Å². The van der Waals surface area contributed by atoms with Crippen molar-refractivity contribution in [3.8, 4) is 0 Å². The Morgan fingerprint density at radius 3 is 2.82 bits per heavy atom. The zero-order valence-corrected chi connectivity index (χ0v) is 6.66. The molecule has 1 aliphatic rings. The number of carbonyl (C=O) groups is 1. The summed E-state index contributed by atoms with van der Waals surface area (Å²) in [5, 5.41) is 9.19. The first-order valence-electron chi connectivity index (χ1n) is 3.86. The molecule has 11 heavy (non-hydrogen) atoms. The van der Waals surface area contributed by atoms with Gasteiger partial charge in [-0.3, -0.25) is 4.79 Å². The fourth-order valence-corrected chi connectivity index (χ4v) is 1.54. The van der Waals surface area contributed by atoms with Crippen LogP contribution in [0.15, 0.2) is 0 Å². The third-order valence-electron chi connectivity index (χ3n) is 2.10. The summed E-state index contributed by atoms with van der Waals surface area (Å²) in [5.74, 6) is -0.330. The molecule has 0 aromatic carbocycles. The summed E-state index contributed by atoms with van der Waals surface area (Å²) in [6.07, 6.45) is 1.72. The predicted molar refractivity (Wildman–Crippen MR) is 42.8 cm³/mol. The van der Waals surface area contributed by atoms with Crippen molar-refractivity contribution < 1.29 is 9.82 Å². The van der Waals surface area contributed by atoms with E-state index in [1.807, 2.05) is 0 Å². The minimum atomic E-state index is -0.560. The van der Waals surface area contributed by atoms with E-state index in [9.17, 15) is 9.82 Å². The van der Waals surface area contributed by atoms with Crippen LogP contribution in [0, 0.1) is 0 Å². The van der Waals surface area contributed by atoms with Crippen molar-refractivity contribution in [1.82, 2.24) is 4.81 Å². The van der Waals surface area contributed by atoms with Gasteiger partial charge in [-0.1, -0.05) is 0 Å². The molecular weight excluding hydrogens is 143 g/mol. The number of nitrogens with zero attached hydrogens (tertiary/aromatic N) is 1. The molecule has 0 aromatic heterocycles. The van der Waals surface area contributed by atoms with Crippen molar-refractivity contribution in [2.45, 2.75) is 25.7 Å². The third kappa shape index (κ3) is 1.72. The second-order valence-electron chi connectivity index (χ2n) is 2.93. The van der Waals surface area contributed by atoms with Crippen molar-refractivity contribution >= 4 is 13.0 Å². The lowest BCUT2D eigenvalue weighted by atomic mass is 9.84. The molecule has 5 heteroatoms. The van der Waals surface area contributed by atoms with Gasteiger partial charge in [-0.15, -0.1) is 0 Å². The van der Waals surface area contributed by atoms with Gasteiger partial charge in [0.1, 0.15) is 0 Å². The summed E-state index contributed by atoms with van der Waals surface area (Å²) >= 11 is 0. The van der Waals surface area contributed by atoms with E-state index in [-0.39, 0.29) is 11.9 Å². The quantitative estimate of drug-likeness (QED) is 0.506. The van der Waals surface area contributed by atoms with Gasteiger partial charge in [0.15, 0.2) is 0 Å². The maximum Gasteiger partial charge on any atom is 0.377 e. The van der Waals surface area contributed by atoms with Crippen LogP contribution in [0.5, 0.6) is 0 Å². The molecule has 1 atom stereocenters. The van der Waals surface area contributed by atoms with Crippen LogP contribution >= 0.6 is 0 Å². The smallest absolute Gasteiger partial charge is 0.377 e. The molecule has 4 nitrogen and oxygen atoms in total. The Labute approximate surface area is 66.5 Å². The molecule has 3 N–H and O–H groups in total. The normalized spacial score (nSPS) is 25.5. The summed E-state index contributed by atoms with van der Waals surface area (Å²) in [4.78, 5) is 12.5. The van der Waals surface area contributed by atoms with E-state index in [0.717, 1.165) is 19.4 Å². The highest BCUT2D eigenvalue weighted by molar-refractivity contribution is 6.45. The van der Waals surface area contributed by atoms with Gasteiger partial charge in [-0.2, -0.15) is 0 Å². The number of amides is 1. The second-order valence-corrected chi connectivity index (χ2v) is 2.93. The van der Waals surface area contributed by atoms with Crippen molar-refractivity contribution in [3.05, 3.63) is 0 Å². The molecule has 1 rings (SSSR count). The van der Waals surface area contributed by atoms with Crippen LogP contribution in [0.2, 0.25) is 6.82 Å². The molecule has 0 radical (unpaired) electrons. The van der Waals surface area contributed by atoms with Gasteiger partial charge in [0.2, 0.25) is 5.91 Å². The molecule has 1 saturated heterocycles. The Kier molecular flexibility index (Phi) is 2.51. The molecule has 0 bridgehead atoms. The molecular formula is C6H13BN2O2. The highest BCUT2D eigenvalue weighted by Gasteiger charge is 2.33. The van der Waals surface area contributed by atoms with Crippen LogP contribution in [0.25, 0.3) is 0 Å². The van der Waals surface area contributed by atoms with Crippen molar-refractivity contribution in [1.29, 1.82) is 0 Å². The van der Waals surface area contributed by atoms with Gasteiger partial charge < -0.3 is 15.6 Å². The van der Waals surface area contributed by atoms with Gasteiger partial charge in [0, 0.05) is 0 Å². The monoisotopic (exact) mass is 156 g/mol. The maximum atomic E-state index is 10.8. The number of carbonyl (C=O) groups excluding carboxylic acids is 1. The first-order chi connectivity index (χ1) is 5.13. The number of primary amides is 1. The minimum absolute atomic E-state index is 0.255. The lowest BCUT2D eigenvalue weighted by Gasteiger charge is -2.21. The minimum Gasteiger partial charge on any atom is -0.437 e. The average molecular weight is 156 g/mol. The van der Waals surface area contributed by atoms with E-state index in [0.29, 0.717) is 0 Å². The number of rotatable bonds is 2. The van der Waals surface area contributed by atoms with Gasteiger partial charge in [-0.25, -0.2) is 0 Å². The van der Waals surface area contributed by atoms with E-state index in [4.69, 9.17) is 5.73 Å². The molecule has 0 spiro atoms. The second kappa shape index (κ2) is 3.23. The Hall–Kier alpha value is -0.545. The van der Waals surface area contributed by atoms with Crippen LogP contribution in [-0.4, -0.2) is 35.4 Å². The van der Waals surface area contributed by atoms with Crippen molar-refractivity contribution in [2.24, 2.45) is 5.73 Å². The molecule has 0 aromatic rings.